The smallest absolute Gasteiger partial charge is 0.253 e. The Balaban J connectivity index is 2.15. The van der Waals surface area contributed by atoms with Crippen molar-refractivity contribution in [2.45, 2.75) is 12.5 Å². The molecule has 0 aromatic heterocycles. The number of phenolic OH excluding ortho intramolecular Hbond substituents is 1. The molecule has 1 fully saturated rings. The summed E-state index contributed by atoms with van der Waals surface area (Å²) >= 11 is 7.67. The van der Waals surface area contributed by atoms with Gasteiger partial charge in [-0.25, -0.2) is 0 Å². The summed E-state index contributed by atoms with van der Waals surface area (Å²) in [5.41, 5.74) is 0.521. The Labute approximate surface area is 110 Å². The van der Waals surface area contributed by atoms with E-state index >= 15 is 0 Å². The number of rotatable bonds is 2. The van der Waals surface area contributed by atoms with Crippen LogP contribution in [0.15, 0.2) is 18.2 Å². The van der Waals surface area contributed by atoms with Crippen molar-refractivity contribution in [2.75, 3.05) is 18.6 Å². The Bertz CT molecular complexity index is 433. The maximum atomic E-state index is 12.2. The molecule has 5 heteroatoms. The zero-order valence-electron chi connectivity index (χ0n) is 9.52. The van der Waals surface area contributed by atoms with Gasteiger partial charge in [-0.05, 0) is 30.4 Å². The summed E-state index contributed by atoms with van der Waals surface area (Å²) in [6.07, 6.45) is 1.04. The third-order valence-corrected chi connectivity index (χ3v) is 4.42. The largest absolute Gasteiger partial charge is 0.506 e. The van der Waals surface area contributed by atoms with Crippen LogP contribution in [0.4, 0.5) is 0 Å². The Morgan fingerprint density at radius 2 is 2.35 bits per heavy atom. The number of carbonyl (C=O) groups excluding carboxylic acids is 1. The van der Waals surface area contributed by atoms with Crippen LogP contribution in [-0.2, 0) is 0 Å². The molecule has 0 aliphatic carbocycles. The van der Waals surface area contributed by atoms with Crippen LogP contribution < -0.4 is 0 Å². The van der Waals surface area contributed by atoms with Gasteiger partial charge in [0, 0.05) is 24.4 Å². The van der Waals surface area contributed by atoms with Crippen molar-refractivity contribution in [1.29, 1.82) is 0 Å². The van der Waals surface area contributed by atoms with E-state index in [0.717, 1.165) is 17.9 Å². The topological polar surface area (TPSA) is 40.5 Å². The number of benzene rings is 1. The van der Waals surface area contributed by atoms with Gasteiger partial charge in [-0.1, -0.05) is 11.6 Å². The van der Waals surface area contributed by atoms with Crippen molar-refractivity contribution in [1.82, 2.24) is 4.90 Å². The molecule has 92 valence electrons. The maximum absolute atomic E-state index is 12.2. The second kappa shape index (κ2) is 5.19. The van der Waals surface area contributed by atoms with E-state index < -0.39 is 0 Å². The molecular weight excluding hydrogens is 258 g/mol. The van der Waals surface area contributed by atoms with Crippen LogP contribution in [0, 0.1) is 0 Å². The Kier molecular flexibility index (Phi) is 3.84. The van der Waals surface area contributed by atoms with Crippen LogP contribution >= 0.6 is 23.4 Å². The van der Waals surface area contributed by atoms with Gasteiger partial charge in [0.2, 0.25) is 0 Å². The van der Waals surface area contributed by atoms with Crippen LogP contribution in [0.25, 0.3) is 0 Å². The van der Waals surface area contributed by atoms with E-state index in [-0.39, 0.29) is 16.7 Å². The van der Waals surface area contributed by atoms with Gasteiger partial charge in [-0.2, -0.15) is 11.8 Å². The summed E-state index contributed by atoms with van der Waals surface area (Å²) in [4.78, 5) is 13.9. The zero-order valence-corrected chi connectivity index (χ0v) is 11.1. The first-order valence-corrected chi connectivity index (χ1v) is 6.96. The number of phenols is 1. The van der Waals surface area contributed by atoms with Crippen molar-refractivity contribution >= 4 is 29.3 Å². The van der Waals surface area contributed by atoms with E-state index in [4.69, 9.17) is 11.6 Å². The van der Waals surface area contributed by atoms with E-state index in [1.165, 1.54) is 12.1 Å². The fraction of sp³-hybridized carbons (Fsp3) is 0.417. The molecule has 1 N–H and O–H groups in total. The molecule has 0 saturated carbocycles. The molecule has 17 heavy (non-hydrogen) atoms. The van der Waals surface area contributed by atoms with E-state index in [2.05, 4.69) is 0 Å². The molecule has 0 spiro atoms. The SMILES string of the molecule is CN(C(=O)c1ccc(O)c(Cl)c1)C1CCSC1. The number of halogens is 1. The number of aromatic hydroxyl groups is 1. The van der Waals surface area contributed by atoms with Crippen LogP contribution in [0.5, 0.6) is 5.75 Å². The summed E-state index contributed by atoms with van der Waals surface area (Å²) in [6.45, 7) is 0. The van der Waals surface area contributed by atoms with Crippen LogP contribution in [-0.4, -0.2) is 40.5 Å². The van der Waals surface area contributed by atoms with Gasteiger partial charge >= 0.3 is 0 Å². The first-order valence-electron chi connectivity index (χ1n) is 5.43. The highest BCUT2D eigenvalue weighted by Crippen LogP contribution is 2.26. The molecule has 1 atom stereocenters. The van der Waals surface area contributed by atoms with E-state index in [9.17, 15) is 9.90 Å². The van der Waals surface area contributed by atoms with Gasteiger partial charge in [0.1, 0.15) is 5.75 Å². The second-order valence-corrected chi connectivity index (χ2v) is 5.66. The average molecular weight is 272 g/mol. The number of hydrogen-bond acceptors (Lipinski definition) is 3. The van der Waals surface area contributed by atoms with Crippen molar-refractivity contribution in [3.05, 3.63) is 28.8 Å². The fourth-order valence-electron chi connectivity index (χ4n) is 1.84. The first-order chi connectivity index (χ1) is 8.09. The third-order valence-electron chi connectivity index (χ3n) is 2.97. The highest BCUT2D eigenvalue weighted by Gasteiger charge is 2.24. The maximum Gasteiger partial charge on any atom is 0.253 e. The molecule has 1 heterocycles. The standard InChI is InChI=1S/C12H14ClNO2S/c1-14(9-4-5-17-7-9)12(16)8-2-3-11(15)10(13)6-8/h2-3,6,9,15H,4-5,7H2,1H3. The molecular formula is C12H14ClNO2S. The number of hydrogen-bond donors (Lipinski definition) is 1. The van der Waals surface area contributed by atoms with Gasteiger partial charge in [0.25, 0.3) is 5.91 Å². The molecule has 3 nitrogen and oxygen atoms in total. The molecule has 1 aromatic rings. The molecule has 1 aromatic carbocycles. The molecule has 1 amide bonds. The minimum atomic E-state index is -0.0422. The predicted molar refractivity (Wildman–Crippen MR) is 70.9 cm³/mol. The zero-order chi connectivity index (χ0) is 12.4. The lowest BCUT2D eigenvalue weighted by Crippen LogP contribution is -2.36. The second-order valence-electron chi connectivity index (χ2n) is 4.10. The number of amides is 1. The van der Waals surface area contributed by atoms with Gasteiger partial charge in [0.05, 0.1) is 5.02 Å². The Morgan fingerprint density at radius 3 is 2.94 bits per heavy atom. The lowest BCUT2D eigenvalue weighted by molar-refractivity contribution is 0.0748. The molecule has 0 bridgehead atoms. The third kappa shape index (κ3) is 2.69. The van der Waals surface area contributed by atoms with E-state index in [1.807, 2.05) is 18.8 Å². The molecule has 1 aliphatic rings. The van der Waals surface area contributed by atoms with Crippen molar-refractivity contribution in [2.24, 2.45) is 0 Å². The molecule has 1 aliphatic heterocycles. The van der Waals surface area contributed by atoms with Crippen LogP contribution in [0.3, 0.4) is 0 Å². The van der Waals surface area contributed by atoms with Crippen molar-refractivity contribution in [3.63, 3.8) is 0 Å². The van der Waals surface area contributed by atoms with Gasteiger partial charge in [-0.3, -0.25) is 4.79 Å². The highest BCUT2D eigenvalue weighted by atomic mass is 35.5. The number of nitrogens with zero attached hydrogens (tertiary/aromatic N) is 1. The Hall–Kier alpha value is -0.870. The minimum Gasteiger partial charge on any atom is -0.506 e. The fourth-order valence-corrected chi connectivity index (χ4v) is 3.29. The van der Waals surface area contributed by atoms with E-state index in [1.54, 1.807) is 11.0 Å². The average Bonchev–Trinajstić information content (AvgIpc) is 2.84. The van der Waals surface area contributed by atoms with Crippen molar-refractivity contribution < 1.29 is 9.90 Å². The van der Waals surface area contributed by atoms with Crippen LogP contribution in [0.1, 0.15) is 16.8 Å². The Morgan fingerprint density at radius 1 is 1.59 bits per heavy atom. The number of carbonyl (C=O) groups is 1. The predicted octanol–water partition coefficient (Wildman–Crippen LogP) is 2.62. The quantitative estimate of drug-likeness (QED) is 0.899. The van der Waals surface area contributed by atoms with E-state index in [0.29, 0.717) is 11.6 Å². The lowest BCUT2D eigenvalue weighted by Gasteiger charge is -2.23. The van der Waals surface area contributed by atoms with Crippen LogP contribution in [0.2, 0.25) is 5.02 Å². The number of thioether (sulfide) groups is 1. The summed E-state index contributed by atoms with van der Waals surface area (Å²) in [5.74, 6) is 2.06. The van der Waals surface area contributed by atoms with Gasteiger partial charge in [-0.15, -0.1) is 0 Å². The molecule has 1 unspecified atom stereocenters. The first kappa shape index (κ1) is 12.6. The summed E-state index contributed by atoms with van der Waals surface area (Å²) in [5, 5.41) is 9.53. The molecule has 0 radical (unpaired) electrons. The highest BCUT2D eigenvalue weighted by molar-refractivity contribution is 7.99. The molecule has 2 rings (SSSR count). The van der Waals surface area contributed by atoms with Gasteiger partial charge < -0.3 is 10.0 Å². The molecule has 1 saturated heterocycles. The minimum absolute atomic E-state index is 0.00212. The van der Waals surface area contributed by atoms with Gasteiger partial charge in [0.15, 0.2) is 0 Å². The summed E-state index contributed by atoms with van der Waals surface area (Å²) < 4.78 is 0. The lowest BCUT2D eigenvalue weighted by atomic mass is 10.1. The monoisotopic (exact) mass is 271 g/mol. The van der Waals surface area contributed by atoms with Crippen molar-refractivity contribution in [3.8, 4) is 5.75 Å². The normalized spacial score (nSPS) is 19.3. The summed E-state index contributed by atoms with van der Waals surface area (Å²) in [7, 11) is 1.82. The summed E-state index contributed by atoms with van der Waals surface area (Å²) in [6, 6.07) is 4.87.